The fraction of sp³-hybridized carbons (Fsp3) is 0.611. The van der Waals surface area contributed by atoms with Gasteiger partial charge in [-0.25, -0.2) is 0 Å². The average Bonchev–Trinajstić information content (AvgIpc) is 3.21. The first-order valence-corrected chi connectivity index (χ1v) is 8.55. The number of carbonyl (C=O) groups excluding carboxylic acids is 1. The van der Waals surface area contributed by atoms with Gasteiger partial charge in [-0.3, -0.25) is 4.79 Å². The monoisotopic (exact) mass is 355 g/mol. The van der Waals surface area contributed by atoms with E-state index < -0.39 is 11.7 Å². The van der Waals surface area contributed by atoms with E-state index in [9.17, 15) is 23.1 Å². The zero-order valence-corrected chi connectivity index (χ0v) is 13.6. The van der Waals surface area contributed by atoms with Gasteiger partial charge in [-0.1, -0.05) is 12.1 Å². The number of aliphatic hydroxyl groups excluding tert-OH is 1. The fourth-order valence-electron chi connectivity index (χ4n) is 4.72. The summed E-state index contributed by atoms with van der Waals surface area (Å²) < 4.78 is 43.9. The van der Waals surface area contributed by atoms with Crippen molar-refractivity contribution in [2.45, 2.75) is 37.1 Å². The summed E-state index contributed by atoms with van der Waals surface area (Å²) in [6, 6.07) is 4.72. The van der Waals surface area contributed by atoms with E-state index >= 15 is 0 Å². The van der Waals surface area contributed by atoms with Crippen LogP contribution in [0, 0.1) is 11.8 Å². The van der Waals surface area contributed by atoms with Crippen LogP contribution in [0.2, 0.25) is 0 Å². The van der Waals surface area contributed by atoms with Crippen molar-refractivity contribution in [1.29, 1.82) is 0 Å². The Labute approximate surface area is 143 Å². The van der Waals surface area contributed by atoms with Gasteiger partial charge >= 0.3 is 6.18 Å². The van der Waals surface area contributed by atoms with Gasteiger partial charge in [0, 0.05) is 25.0 Å². The first kappa shape index (κ1) is 16.8. The van der Waals surface area contributed by atoms with Crippen LogP contribution in [-0.4, -0.2) is 47.3 Å². The predicted molar refractivity (Wildman–Crippen MR) is 82.6 cm³/mol. The van der Waals surface area contributed by atoms with E-state index in [1.807, 2.05) is 0 Å². The van der Waals surface area contributed by atoms with Gasteiger partial charge in [-0.05, 0) is 30.5 Å². The van der Waals surface area contributed by atoms with Crippen LogP contribution >= 0.6 is 0 Å². The van der Waals surface area contributed by atoms with E-state index in [4.69, 9.17) is 4.74 Å². The summed E-state index contributed by atoms with van der Waals surface area (Å²) in [5.74, 6) is 0.137. The number of aliphatic hydroxyl groups is 1. The lowest BCUT2D eigenvalue weighted by Crippen LogP contribution is -2.38. The van der Waals surface area contributed by atoms with E-state index in [0.717, 1.165) is 25.0 Å². The second-order valence-corrected chi connectivity index (χ2v) is 7.36. The highest BCUT2D eigenvalue weighted by Gasteiger charge is 2.63. The molecule has 1 aromatic rings. The highest BCUT2D eigenvalue weighted by molar-refractivity contribution is 5.79. The van der Waals surface area contributed by atoms with Crippen LogP contribution in [0.4, 0.5) is 13.2 Å². The third kappa shape index (κ3) is 2.73. The summed E-state index contributed by atoms with van der Waals surface area (Å²) in [6.45, 7) is 1.14. The number of amides is 1. The Morgan fingerprint density at radius 2 is 2.04 bits per heavy atom. The summed E-state index contributed by atoms with van der Waals surface area (Å²) in [7, 11) is 0. The Balaban J connectivity index is 1.43. The van der Waals surface area contributed by atoms with Crippen LogP contribution in [0.1, 0.15) is 24.0 Å². The molecule has 4 nitrogen and oxygen atoms in total. The Kier molecular flexibility index (Phi) is 3.85. The minimum Gasteiger partial charge on any atom is -0.396 e. The number of benzene rings is 1. The first-order valence-electron chi connectivity index (χ1n) is 8.55. The molecule has 0 aromatic heterocycles. The van der Waals surface area contributed by atoms with Crippen LogP contribution in [0.25, 0.3) is 0 Å². The summed E-state index contributed by atoms with van der Waals surface area (Å²) >= 11 is 0. The molecule has 3 fully saturated rings. The number of alkyl halides is 3. The quantitative estimate of drug-likeness (QED) is 0.905. The van der Waals surface area contributed by atoms with Gasteiger partial charge in [0.25, 0.3) is 0 Å². The molecule has 0 aliphatic carbocycles. The Morgan fingerprint density at radius 1 is 1.32 bits per heavy atom. The highest BCUT2D eigenvalue weighted by Crippen LogP contribution is 2.54. The van der Waals surface area contributed by atoms with Crippen molar-refractivity contribution in [3.63, 3.8) is 0 Å². The maximum absolute atomic E-state index is 12.6. The molecule has 3 saturated heterocycles. The number of hydrogen-bond acceptors (Lipinski definition) is 3. The number of ether oxygens (including phenoxy) is 1. The van der Waals surface area contributed by atoms with Crippen molar-refractivity contribution in [2.75, 3.05) is 19.7 Å². The number of rotatable bonds is 3. The van der Waals surface area contributed by atoms with Gasteiger partial charge in [0.2, 0.25) is 5.91 Å². The van der Waals surface area contributed by atoms with Crippen LogP contribution < -0.4 is 0 Å². The molecule has 25 heavy (non-hydrogen) atoms. The molecule has 4 atom stereocenters. The van der Waals surface area contributed by atoms with Crippen LogP contribution in [0.15, 0.2) is 24.3 Å². The minimum absolute atomic E-state index is 0.0675. The third-order valence-corrected chi connectivity index (χ3v) is 5.98. The number of fused-ring (bicyclic) bond motifs is 1. The van der Waals surface area contributed by atoms with Crippen molar-refractivity contribution in [3.05, 3.63) is 35.4 Å². The summed E-state index contributed by atoms with van der Waals surface area (Å²) in [5, 5.41) is 9.61. The molecule has 1 N–H and O–H groups in total. The lowest BCUT2D eigenvalue weighted by Gasteiger charge is -2.27. The molecule has 4 rings (SSSR count). The van der Waals surface area contributed by atoms with Crippen LogP contribution in [0.3, 0.4) is 0 Å². The van der Waals surface area contributed by atoms with Crippen molar-refractivity contribution < 1.29 is 27.8 Å². The molecular formula is C18H20F3NO3. The van der Waals surface area contributed by atoms with Gasteiger partial charge in [0.1, 0.15) is 0 Å². The average molecular weight is 355 g/mol. The normalized spacial score (nSPS) is 33.8. The second kappa shape index (κ2) is 5.71. The molecule has 3 heterocycles. The fourth-order valence-corrected chi connectivity index (χ4v) is 4.72. The molecule has 7 heteroatoms. The van der Waals surface area contributed by atoms with Gasteiger partial charge in [0.05, 0.1) is 30.2 Å². The van der Waals surface area contributed by atoms with Crippen LogP contribution in [-0.2, 0) is 22.1 Å². The zero-order chi connectivity index (χ0) is 17.8. The second-order valence-electron chi connectivity index (χ2n) is 7.36. The maximum Gasteiger partial charge on any atom is 0.416 e. The number of hydrogen-bond donors (Lipinski definition) is 1. The van der Waals surface area contributed by atoms with Crippen molar-refractivity contribution in [1.82, 2.24) is 4.90 Å². The van der Waals surface area contributed by atoms with Crippen molar-refractivity contribution in [3.8, 4) is 0 Å². The lowest BCUT2D eigenvalue weighted by atomic mass is 9.74. The van der Waals surface area contributed by atoms with E-state index in [1.165, 1.54) is 12.1 Å². The predicted octanol–water partition coefficient (Wildman–Crippen LogP) is 2.25. The van der Waals surface area contributed by atoms with Gasteiger partial charge in [-0.2, -0.15) is 13.2 Å². The summed E-state index contributed by atoms with van der Waals surface area (Å²) in [4.78, 5) is 14.3. The van der Waals surface area contributed by atoms with Crippen LogP contribution in [0.5, 0.6) is 0 Å². The van der Waals surface area contributed by atoms with E-state index in [1.54, 1.807) is 4.90 Å². The molecule has 0 unspecified atom stereocenters. The number of nitrogens with zero attached hydrogens (tertiary/aromatic N) is 1. The molecule has 1 amide bonds. The molecule has 0 saturated carbocycles. The maximum atomic E-state index is 12.6. The van der Waals surface area contributed by atoms with Gasteiger partial charge < -0.3 is 14.7 Å². The van der Waals surface area contributed by atoms with E-state index in [2.05, 4.69) is 0 Å². The Morgan fingerprint density at radius 3 is 2.68 bits per heavy atom. The lowest BCUT2D eigenvalue weighted by molar-refractivity contribution is -0.137. The molecule has 3 aliphatic heterocycles. The van der Waals surface area contributed by atoms with Gasteiger partial charge in [-0.15, -0.1) is 0 Å². The number of likely N-dealkylation sites (tertiary alicyclic amines) is 1. The summed E-state index contributed by atoms with van der Waals surface area (Å²) in [6.07, 6.45) is -2.37. The van der Waals surface area contributed by atoms with Crippen molar-refractivity contribution >= 4 is 5.91 Å². The van der Waals surface area contributed by atoms with Crippen molar-refractivity contribution in [2.24, 2.45) is 11.8 Å². The van der Waals surface area contributed by atoms with E-state index in [-0.39, 0.29) is 42.5 Å². The molecular weight excluding hydrogens is 335 g/mol. The van der Waals surface area contributed by atoms with E-state index in [0.29, 0.717) is 18.7 Å². The zero-order valence-electron chi connectivity index (χ0n) is 13.6. The minimum atomic E-state index is -4.37. The number of carbonyl (C=O) groups is 1. The number of halogens is 3. The molecule has 3 aliphatic rings. The third-order valence-electron chi connectivity index (χ3n) is 5.98. The first-order chi connectivity index (χ1) is 11.8. The molecule has 136 valence electrons. The molecule has 1 aromatic carbocycles. The standard InChI is InChI=1S/C18H20F3NO3/c19-18(20,21)12-3-1-11(2-4-12)7-16(24)22-8-14-13(9-23)15-5-6-17(14,10-22)25-15/h1-4,13-15,23H,5-10H2/t13-,14+,15+,17+/m0/s1. The molecule has 2 bridgehead atoms. The molecule has 0 radical (unpaired) electrons. The largest absolute Gasteiger partial charge is 0.416 e. The Hall–Kier alpha value is -1.60. The Bertz CT molecular complexity index is 675. The highest BCUT2D eigenvalue weighted by atomic mass is 19.4. The topological polar surface area (TPSA) is 49.8 Å². The summed E-state index contributed by atoms with van der Waals surface area (Å²) in [5.41, 5.74) is -0.473. The van der Waals surface area contributed by atoms with Gasteiger partial charge in [0.15, 0.2) is 0 Å². The smallest absolute Gasteiger partial charge is 0.396 e. The molecule has 1 spiro atoms. The SMILES string of the molecule is O=C(Cc1ccc(C(F)(F)F)cc1)N1C[C@@H]2[C@H](CO)[C@H]3CC[C@]2(C1)O3.